The molecule has 3 rings (SSSR count). The van der Waals surface area contributed by atoms with Crippen molar-refractivity contribution in [2.45, 2.75) is 45.1 Å². The Bertz CT molecular complexity index is 482. The van der Waals surface area contributed by atoms with E-state index < -0.39 is 0 Å². The highest BCUT2D eigenvalue weighted by atomic mass is 15.3. The number of rotatable bonds is 4. The first-order valence-electron chi connectivity index (χ1n) is 8.23. The highest BCUT2D eigenvalue weighted by molar-refractivity contribution is 5.50. The van der Waals surface area contributed by atoms with Gasteiger partial charge in [-0.15, -0.1) is 0 Å². The molecule has 1 unspecified atom stereocenters. The van der Waals surface area contributed by atoms with E-state index in [-0.39, 0.29) is 0 Å². The molecule has 2 fully saturated rings. The predicted octanol–water partition coefficient (Wildman–Crippen LogP) is 2.32. The Kier molecular flexibility index (Phi) is 4.29. The van der Waals surface area contributed by atoms with Crippen LogP contribution in [0, 0.1) is 0 Å². The molecule has 1 aromatic heterocycles. The van der Waals surface area contributed by atoms with Gasteiger partial charge in [-0.1, -0.05) is 13.8 Å². The molecule has 3 heterocycles. The van der Waals surface area contributed by atoms with E-state index >= 15 is 0 Å². The molecular weight excluding hydrogens is 262 g/mol. The predicted molar refractivity (Wildman–Crippen MR) is 87.1 cm³/mol. The number of aromatic nitrogens is 2. The first-order chi connectivity index (χ1) is 10.2. The largest absolute Gasteiger partial charge is 0.373 e. The fraction of sp³-hybridized carbons (Fsp3) is 0.750. The number of nitrogens with one attached hydrogen (secondary N) is 1. The van der Waals surface area contributed by atoms with E-state index in [1.165, 1.54) is 32.4 Å². The minimum absolute atomic E-state index is 0.356. The van der Waals surface area contributed by atoms with Crippen LogP contribution in [0.15, 0.2) is 6.07 Å². The second kappa shape index (κ2) is 6.18. The van der Waals surface area contributed by atoms with E-state index in [1.807, 2.05) is 7.05 Å². The van der Waals surface area contributed by atoms with Gasteiger partial charge in [0.05, 0.1) is 0 Å². The van der Waals surface area contributed by atoms with Gasteiger partial charge in [0, 0.05) is 38.2 Å². The molecule has 21 heavy (non-hydrogen) atoms. The molecule has 0 aliphatic carbocycles. The Morgan fingerprint density at radius 3 is 2.62 bits per heavy atom. The molecule has 1 atom stereocenters. The van der Waals surface area contributed by atoms with Gasteiger partial charge in [-0.25, -0.2) is 9.97 Å². The number of hydrogen-bond donors (Lipinski definition) is 1. The topological polar surface area (TPSA) is 44.3 Å². The molecular formula is C16H27N5. The third-order valence-corrected chi connectivity index (χ3v) is 4.65. The van der Waals surface area contributed by atoms with Crippen LogP contribution in [-0.2, 0) is 0 Å². The van der Waals surface area contributed by atoms with Gasteiger partial charge in [0.25, 0.3) is 0 Å². The summed E-state index contributed by atoms with van der Waals surface area (Å²) in [4.78, 5) is 14.4. The van der Waals surface area contributed by atoms with Crippen LogP contribution >= 0.6 is 0 Å². The molecule has 0 bridgehead atoms. The highest BCUT2D eigenvalue weighted by Crippen LogP contribution is 2.26. The molecule has 0 aromatic carbocycles. The van der Waals surface area contributed by atoms with Crippen LogP contribution < -0.4 is 10.2 Å². The van der Waals surface area contributed by atoms with Crippen molar-refractivity contribution < 1.29 is 0 Å². The summed E-state index contributed by atoms with van der Waals surface area (Å²) in [5.41, 5.74) is 0. The molecule has 0 saturated carbocycles. The van der Waals surface area contributed by atoms with Gasteiger partial charge < -0.3 is 10.2 Å². The van der Waals surface area contributed by atoms with Crippen LogP contribution in [-0.4, -0.2) is 54.1 Å². The molecule has 5 nitrogen and oxygen atoms in total. The van der Waals surface area contributed by atoms with Crippen LogP contribution in [0.2, 0.25) is 0 Å². The Balaban J connectivity index is 1.75. The average molecular weight is 289 g/mol. The zero-order valence-corrected chi connectivity index (χ0v) is 13.5. The molecule has 116 valence electrons. The van der Waals surface area contributed by atoms with Crippen LogP contribution in [0.5, 0.6) is 0 Å². The molecule has 1 aromatic rings. The summed E-state index contributed by atoms with van der Waals surface area (Å²) in [6.07, 6.45) is 3.99. The summed E-state index contributed by atoms with van der Waals surface area (Å²) in [7, 11) is 1.92. The van der Waals surface area contributed by atoms with Crippen molar-refractivity contribution in [1.82, 2.24) is 14.9 Å². The van der Waals surface area contributed by atoms with Gasteiger partial charge in [-0.3, -0.25) is 4.90 Å². The van der Waals surface area contributed by atoms with Crippen LogP contribution in [0.1, 0.15) is 44.9 Å². The summed E-state index contributed by atoms with van der Waals surface area (Å²) in [5, 5.41) is 3.16. The van der Waals surface area contributed by atoms with Crippen molar-refractivity contribution in [3.8, 4) is 0 Å². The van der Waals surface area contributed by atoms with Crippen molar-refractivity contribution in [2.24, 2.45) is 0 Å². The van der Waals surface area contributed by atoms with E-state index in [4.69, 9.17) is 4.98 Å². The minimum atomic E-state index is 0.356. The molecule has 1 N–H and O–H groups in total. The van der Waals surface area contributed by atoms with Crippen molar-refractivity contribution in [3.05, 3.63) is 11.9 Å². The van der Waals surface area contributed by atoms with Gasteiger partial charge >= 0.3 is 0 Å². The zero-order valence-electron chi connectivity index (χ0n) is 13.5. The van der Waals surface area contributed by atoms with Gasteiger partial charge in [-0.05, 0) is 32.4 Å². The fourth-order valence-corrected chi connectivity index (χ4v) is 3.36. The number of anilines is 2. The van der Waals surface area contributed by atoms with E-state index in [0.29, 0.717) is 12.0 Å². The number of likely N-dealkylation sites (tertiary alicyclic amines) is 1. The quantitative estimate of drug-likeness (QED) is 0.921. The van der Waals surface area contributed by atoms with Crippen molar-refractivity contribution in [3.63, 3.8) is 0 Å². The van der Waals surface area contributed by atoms with Crippen LogP contribution in [0.25, 0.3) is 0 Å². The van der Waals surface area contributed by atoms with Crippen molar-refractivity contribution in [2.75, 3.05) is 43.4 Å². The highest BCUT2D eigenvalue weighted by Gasteiger charge is 2.30. The van der Waals surface area contributed by atoms with Gasteiger partial charge in [0.15, 0.2) is 0 Å². The Hall–Kier alpha value is -1.36. The first-order valence-corrected chi connectivity index (χ1v) is 8.23. The number of hydrogen-bond acceptors (Lipinski definition) is 5. The smallest absolute Gasteiger partial charge is 0.135 e. The standard InChI is InChI=1S/C16H27N5/c1-12(2)16-18-14(17-3)10-15(19-16)21-9-6-13(11-21)20-7-4-5-8-20/h10,12-13H,4-9,11H2,1-3H3,(H,17,18,19). The number of nitrogens with zero attached hydrogens (tertiary/aromatic N) is 4. The lowest BCUT2D eigenvalue weighted by Crippen LogP contribution is -2.35. The maximum atomic E-state index is 4.78. The normalized spacial score (nSPS) is 23.2. The zero-order chi connectivity index (χ0) is 14.8. The lowest BCUT2D eigenvalue weighted by molar-refractivity contribution is 0.260. The van der Waals surface area contributed by atoms with E-state index in [0.717, 1.165) is 30.5 Å². The lowest BCUT2D eigenvalue weighted by Gasteiger charge is -2.24. The molecule has 5 heteroatoms. The van der Waals surface area contributed by atoms with Gasteiger partial charge in [0.1, 0.15) is 17.5 Å². The fourth-order valence-electron chi connectivity index (χ4n) is 3.36. The molecule has 0 spiro atoms. The van der Waals surface area contributed by atoms with Crippen LogP contribution in [0.4, 0.5) is 11.6 Å². The van der Waals surface area contributed by atoms with Crippen molar-refractivity contribution in [1.29, 1.82) is 0 Å². The van der Waals surface area contributed by atoms with Gasteiger partial charge in [0.2, 0.25) is 0 Å². The van der Waals surface area contributed by atoms with Gasteiger partial charge in [-0.2, -0.15) is 0 Å². The third-order valence-electron chi connectivity index (χ3n) is 4.65. The van der Waals surface area contributed by atoms with Crippen molar-refractivity contribution >= 4 is 11.6 Å². The maximum absolute atomic E-state index is 4.78. The summed E-state index contributed by atoms with van der Waals surface area (Å²) < 4.78 is 0. The Morgan fingerprint density at radius 1 is 1.19 bits per heavy atom. The second-order valence-electron chi connectivity index (χ2n) is 6.51. The minimum Gasteiger partial charge on any atom is -0.373 e. The summed E-state index contributed by atoms with van der Waals surface area (Å²) in [6, 6.07) is 2.79. The third kappa shape index (κ3) is 3.12. The lowest BCUT2D eigenvalue weighted by atomic mass is 10.2. The summed E-state index contributed by atoms with van der Waals surface area (Å²) >= 11 is 0. The monoisotopic (exact) mass is 289 g/mol. The maximum Gasteiger partial charge on any atom is 0.135 e. The SMILES string of the molecule is CNc1cc(N2CCC(N3CCCC3)C2)nc(C(C)C)n1. The first kappa shape index (κ1) is 14.6. The van der Waals surface area contributed by atoms with E-state index in [2.05, 4.69) is 40.0 Å². The molecule has 2 saturated heterocycles. The molecule has 0 radical (unpaired) electrons. The van der Waals surface area contributed by atoms with Crippen LogP contribution in [0.3, 0.4) is 0 Å². The van der Waals surface area contributed by atoms with E-state index in [9.17, 15) is 0 Å². The summed E-state index contributed by atoms with van der Waals surface area (Å²) in [5.74, 6) is 3.29. The molecule has 2 aliphatic rings. The molecule has 0 amide bonds. The average Bonchev–Trinajstić information content (AvgIpc) is 3.17. The molecule has 2 aliphatic heterocycles. The van der Waals surface area contributed by atoms with E-state index in [1.54, 1.807) is 0 Å². The summed E-state index contributed by atoms with van der Waals surface area (Å²) in [6.45, 7) is 9.07. The second-order valence-corrected chi connectivity index (χ2v) is 6.51. The Morgan fingerprint density at radius 2 is 1.95 bits per heavy atom. The Labute approximate surface area is 127 Å².